The van der Waals surface area contributed by atoms with Crippen molar-refractivity contribution >= 4 is 45.9 Å². The van der Waals surface area contributed by atoms with Crippen LogP contribution < -0.4 is 5.32 Å². The van der Waals surface area contributed by atoms with E-state index in [0.29, 0.717) is 29.5 Å². The summed E-state index contributed by atoms with van der Waals surface area (Å²) in [6, 6.07) is 14.5. The molecule has 2 amide bonds. The highest BCUT2D eigenvalue weighted by molar-refractivity contribution is 6.31. The van der Waals surface area contributed by atoms with Gasteiger partial charge in [-0.05, 0) is 42.9 Å². The van der Waals surface area contributed by atoms with Crippen LogP contribution in [0, 0.1) is 5.92 Å². The summed E-state index contributed by atoms with van der Waals surface area (Å²) in [5.74, 6) is -0.308. The minimum absolute atomic E-state index is 0.0906. The Morgan fingerprint density at radius 2 is 1.85 bits per heavy atom. The molecule has 0 spiro atoms. The van der Waals surface area contributed by atoms with Gasteiger partial charge >= 0.3 is 0 Å². The summed E-state index contributed by atoms with van der Waals surface area (Å²) in [6.07, 6.45) is 6.86. The molecule has 4 rings (SSSR count). The number of amides is 2. The van der Waals surface area contributed by atoms with Crippen LogP contribution in [0.3, 0.4) is 0 Å². The van der Waals surface area contributed by atoms with Crippen LogP contribution in [-0.4, -0.2) is 40.2 Å². The third kappa shape index (κ3) is 5.42. The Hall–Kier alpha value is -2.50. The second-order valence-corrected chi connectivity index (χ2v) is 9.81. The summed E-state index contributed by atoms with van der Waals surface area (Å²) in [7, 11) is 0. The summed E-state index contributed by atoms with van der Waals surface area (Å²) in [4.78, 5) is 31.7. The topological polar surface area (TPSA) is 65.2 Å². The van der Waals surface area contributed by atoms with Gasteiger partial charge in [0.15, 0.2) is 0 Å². The average molecular weight is 500 g/mol. The lowest BCUT2D eigenvalue weighted by Crippen LogP contribution is -2.49. The molecule has 1 fully saturated rings. The van der Waals surface area contributed by atoms with Gasteiger partial charge in [-0.1, -0.05) is 67.8 Å². The Kier molecular flexibility index (Phi) is 8.17. The van der Waals surface area contributed by atoms with Gasteiger partial charge < -0.3 is 15.2 Å². The largest absolute Gasteiger partial charge is 0.361 e. The van der Waals surface area contributed by atoms with E-state index in [0.717, 1.165) is 35.7 Å². The van der Waals surface area contributed by atoms with Crippen LogP contribution in [0.25, 0.3) is 10.9 Å². The molecule has 1 aliphatic carbocycles. The predicted octanol–water partition coefficient (Wildman–Crippen LogP) is 5.87. The number of hydrogen-bond donors (Lipinski definition) is 2. The van der Waals surface area contributed by atoms with Crippen molar-refractivity contribution in [1.29, 1.82) is 0 Å². The molecule has 3 atom stereocenters. The maximum absolute atomic E-state index is 13.7. The molecule has 3 unspecified atom stereocenters. The number of alkyl halides is 1. The lowest BCUT2D eigenvalue weighted by molar-refractivity contribution is -0.139. The Bertz CT molecular complexity index is 1150. The first-order valence-electron chi connectivity index (χ1n) is 11.9. The van der Waals surface area contributed by atoms with Crippen LogP contribution in [0.2, 0.25) is 5.02 Å². The molecule has 5 nitrogen and oxygen atoms in total. The number of carbonyl (C=O) groups excluding carboxylic acids is 2. The van der Waals surface area contributed by atoms with Crippen molar-refractivity contribution in [2.45, 2.75) is 51.1 Å². The number of fused-ring (bicyclic) bond motifs is 1. The molecule has 3 aromatic rings. The van der Waals surface area contributed by atoms with Gasteiger partial charge in [0.2, 0.25) is 11.8 Å². The molecule has 1 saturated carbocycles. The quantitative estimate of drug-likeness (QED) is 0.380. The molecule has 2 aromatic carbocycles. The van der Waals surface area contributed by atoms with Crippen molar-refractivity contribution < 1.29 is 9.59 Å². The van der Waals surface area contributed by atoms with Crippen molar-refractivity contribution in [3.63, 3.8) is 0 Å². The molecular formula is C27H31Cl2N3O2. The number of nitrogens with one attached hydrogen (secondary N) is 2. The molecule has 34 heavy (non-hydrogen) atoms. The van der Waals surface area contributed by atoms with Crippen molar-refractivity contribution in [3.05, 3.63) is 70.9 Å². The number of benzene rings is 2. The predicted molar refractivity (Wildman–Crippen MR) is 138 cm³/mol. The van der Waals surface area contributed by atoms with Gasteiger partial charge in [-0.3, -0.25) is 9.59 Å². The fraction of sp³-hybridized carbons (Fsp3) is 0.407. The maximum Gasteiger partial charge on any atom is 0.247 e. The van der Waals surface area contributed by atoms with Crippen LogP contribution in [0.1, 0.15) is 49.8 Å². The summed E-state index contributed by atoms with van der Waals surface area (Å²) in [5.41, 5.74) is 2.74. The number of para-hydroxylation sites is 1. The van der Waals surface area contributed by atoms with Crippen molar-refractivity contribution in [3.8, 4) is 0 Å². The Labute approximate surface area is 210 Å². The van der Waals surface area contributed by atoms with E-state index < -0.39 is 6.04 Å². The van der Waals surface area contributed by atoms with E-state index in [9.17, 15) is 9.59 Å². The number of carbonyl (C=O) groups is 2. The molecule has 0 radical (unpaired) electrons. The zero-order valence-corrected chi connectivity index (χ0v) is 20.9. The van der Waals surface area contributed by atoms with Gasteiger partial charge in [0.1, 0.15) is 11.9 Å². The first kappa shape index (κ1) is 24.6. The summed E-state index contributed by atoms with van der Waals surface area (Å²) in [6.45, 7) is 2.52. The molecule has 1 aromatic heterocycles. The molecule has 7 heteroatoms. The molecule has 2 N–H and O–H groups in total. The van der Waals surface area contributed by atoms with Crippen molar-refractivity contribution in [2.75, 3.05) is 12.4 Å². The van der Waals surface area contributed by atoms with E-state index >= 15 is 0 Å². The highest BCUT2D eigenvalue weighted by Crippen LogP contribution is 2.31. The van der Waals surface area contributed by atoms with Crippen LogP contribution in [0.5, 0.6) is 0 Å². The van der Waals surface area contributed by atoms with Crippen molar-refractivity contribution in [2.24, 2.45) is 5.92 Å². The third-order valence-corrected chi connectivity index (χ3v) is 7.50. The highest BCUT2D eigenvalue weighted by Gasteiger charge is 2.34. The lowest BCUT2D eigenvalue weighted by atomic mass is 9.85. The Morgan fingerprint density at radius 1 is 1.12 bits per heavy atom. The molecule has 1 heterocycles. The number of halogens is 2. The van der Waals surface area contributed by atoms with E-state index in [1.807, 2.05) is 42.6 Å². The number of aromatic nitrogens is 1. The number of rotatable bonds is 8. The minimum Gasteiger partial charge on any atom is -0.361 e. The van der Waals surface area contributed by atoms with Gasteiger partial charge in [-0.25, -0.2) is 0 Å². The summed E-state index contributed by atoms with van der Waals surface area (Å²) >= 11 is 12.6. The molecule has 0 saturated heterocycles. The second kappa shape index (κ2) is 11.3. The highest BCUT2D eigenvalue weighted by atomic mass is 35.5. The maximum atomic E-state index is 13.7. The van der Waals surface area contributed by atoms with Crippen LogP contribution in [0.15, 0.2) is 54.7 Å². The zero-order chi connectivity index (χ0) is 24.1. The van der Waals surface area contributed by atoms with E-state index in [4.69, 9.17) is 23.2 Å². The molecule has 180 valence electrons. The van der Waals surface area contributed by atoms with Crippen LogP contribution >= 0.6 is 23.2 Å². The van der Waals surface area contributed by atoms with Gasteiger partial charge in [0.25, 0.3) is 0 Å². The van der Waals surface area contributed by atoms with E-state index in [2.05, 4.69) is 23.3 Å². The lowest BCUT2D eigenvalue weighted by Gasteiger charge is -2.35. The van der Waals surface area contributed by atoms with E-state index in [1.54, 1.807) is 11.0 Å². The average Bonchev–Trinajstić information content (AvgIpc) is 3.26. The summed E-state index contributed by atoms with van der Waals surface area (Å²) < 4.78 is 0. The van der Waals surface area contributed by atoms with Gasteiger partial charge in [-0.2, -0.15) is 0 Å². The first-order valence-corrected chi connectivity index (χ1v) is 12.9. The minimum atomic E-state index is -0.848. The number of nitrogens with zero attached hydrogens (tertiary/aromatic N) is 1. The molecule has 0 aliphatic heterocycles. The first-order chi connectivity index (χ1) is 16.5. The second-order valence-electron chi connectivity index (χ2n) is 9.13. The molecular weight excluding hydrogens is 469 g/mol. The standard InChI is InChI=1S/C27H31Cl2N3O2/c1-18-8-2-6-12-23(18)31-27(34)26(21-10-3-5-11-22(21)29)32(25(33)16-28)15-14-19-17-30-24-13-7-4-9-20(19)24/h3-5,7,9-11,13,17-18,23,26,30H,2,6,8,12,14-16H2,1H3,(H,31,34). The molecule has 1 aliphatic rings. The Balaban J connectivity index is 1.64. The van der Waals surface area contributed by atoms with Gasteiger partial charge in [0, 0.05) is 40.3 Å². The number of hydrogen-bond acceptors (Lipinski definition) is 2. The van der Waals surface area contributed by atoms with E-state index in [1.165, 1.54) is 6.42 Å². The summed E-state index contributed by atoms with van der Waals surface area (Å²) in [5, 5.41) is 4.80. The van der Waals surface area contributed by atoms with Gasteiger partial charge in [-0.15, -0.1) is 11.6 Å². The SMILES string of the molecule is CC1CCCCC1NC(=O)C(c1ccccc1Cl)N(CCc1c[nH]c2ccccc12)C(=O)CCl. The third-order valence-electron chi connectivity index (χ3n) is 6.93. The number of H-pyrrole nitrogens is 1. The van der Waals surface area contributed by atoms with Gasteiger partial charge in [0.05, 0.1) is 0 Å². The number of aromatic amines is 1. The normalized spacial score (nSPS) is 19.0. The monoisotopic (exact) mass is 499 g/mol. The Morgan fingerprint density at radius 3 is 2.62 bits per heavy atom. The smallest absolute Gasteiger partial charge is 0.247 e. The zero-order valence-electron chi connectivity index (χ0n) is 19.4. The fourth-order valence-electron chi connectivity index (χ4n) is 4.99. The van der Waals surface area contributed by atoms with Crippen molar-refractivity contribution in [1.82, 2.24) is 15.2 Å². The van der Waals surface area contributed by atoms with Crippen LogP contribution in [-0.2, 0) is 16.0 Å². The van der Waals surface area contributed by atoms with Crippen LogP contribution in [0.4, 0.5) is 0 Å². The molecule has 0 bridgehead atoms. The van der Waals surface area contributed by atoms with E-state index in [-0.39, 0.29) is 23.7 Å². The fourth-order valence-corrected chi connectivity index (χ4v) is 5.39.